The number of amides is 1. The van der Waals surface area contributed by atoms with E-state index in [4.69, 9.17) is 0 Å². The van der Waals surface area contributed by atoms with Crippen molar-refractivity contribution in [2.45, 2.75) is 13.0 Å². The van der Waals surface area contributed by atoms with Gasteiger partial charge < -0.3 is 10.2 Å². The number of piperazine rings is 1. The minimum atomic E-state index is 0.176. The van der Waals surface area contributed by atoms with Gasteiger partial charge in [-0.15, -0.1) is 11.3 Å². The Hall–Kier alpha value is -2.29. The molecule has 1 aliphatic rings. The SMILES string of the molecule is O=CNCc1ccc(C(=O)CCN2CCN(c3nsc4ccccc34)CC2)s1. The van der Waals surface area contributed by atoms with Crippen molar-refractivity contribution < 1.29 is 9.59 Å². The maximum Gasteiger partial charge on any atom is 0.207 e. The fraction of sp³-hybridized carbons (Fsp3) is 0.350. The predicted octanol–water partition coefficient (Wildman–Crippen LogP) is 3.00. The normalized spacial score (nSPS) is 15.1. The topological polar surface area (TPSA) is 65.5 Å². The van der Waals surface area contributed by atoms with Gasteiger partial charge in [0.2, 0.25) is 6.41 Å². The third kappa shape index (κ3) is 4.24. The van der Waals surface area contributed by atoms with Crippen LogP contribution in [0.1, 0.15) is 21.0 Å². The first-order valence-corrected chi connectivity index (χ1v) is 10.9. The van der Waals surface area contributed by atoms with Gasteiger partial charge in [-0.05, 0) is 35.8 Å². The third-order valence-electron chi connectivity index (χ3n) is 4.98. The number of aromatic nitrogens is 1. The molecule has 0 unspecified atom stereocenters. The number of fused-ring (bicyclic) bond motifs is 1. The van der Waals surface area contributed by atoms with Gasteiger partial charge >= 0.3 is 0 Å². The molecule has 0 radical (unpaired) electrons. The van der Waals surface area contributed by atoms with Crippen molar-refractivity contribution in [2.24, 2.45) is 0 Å². The molecule has 0 bridgehead atoms. The quantitative estimate of drug-likeness (QED) is 0.453. The summed E-state index contributed by atoms with van der Waals surface area (Å²) in [7, 11) is 0. The Morgan fingerprint density at radius 2 is 1.96 bits per heavy atom. The van der Waals surface area contributed by atoms with Crippen molar-refractivity contribution in [1.82, 2.24) is 14.6 Å². The van der Waals surface area contributed by atoms with Crippen LogP contribution in [0.5, 0.6) is 0 Å². The van der Waals surface area contributed by atoms with Crippen LogP contribution in [0.4, 0.5) is 5.82 Å². The maximum absolute atomic E-state index is 12.4. The van der Waals surface area contributed by atoms with Gasteiger partial charge in [0.05, 0.1) is 16.1 Å². The molecule has 3 aromatic rings. The number of Topliss-reactive ketones (excluding diaryl/α,β-unsaturated/α-hetero) is 1. The van der Waals surface area contributed by atoms with E-state index in [0.29, 0.717) is 19.4 Å². The molecule has 3 heterocycles. The molecule has 1 N–H and O–H groups in total. The standard InChI is InChI=1S/C20H22N4O2S2/c25-14-21-13-15-5-6-19(27-15)17(26)7-8-23-9-11-24(12-10-23)20-16-3-1-2-4-18(16)28-22-20/h1-6,14H,7-13H2,(H,21,25). The number of hydrogen-bond acceptors (Lipinski definition) is 7. The molecule has 2 aromatic heterocycles. The molecule has 6 nitrogen and oxygen atoms in total. The highest BCUT2D eigenvalue weighted by molar-refractivity contribution is 7.14. The molecule has 0 aliphatic carbocycles. The zero-order valence-corrected chi connectivity index (χ0v) is 17.1. The fourth-order valence-electron chi connectivity index (χ4n) is 3.43. The summed E-state index contributed by atoms with van der Waals surface area (Å²) in [6.45, 7) is 5.01. The van der Waals surface area contributed by atoms with Gasteiger partial charge in [-0.3, -0.25) is 14.5 Å². The fourth-order valence-corrected chi connectivity index (χ4v) is 5.15. The van der Waals surface area contributed by atoms with Gasteiger partial charge in [0, 0.05) is 49.4 Å². The smallest absolute Gasteiger partial charge is 0.207 e. The molecule has 146 valence electrons. The van der Waals surface area contributed by atoms with Gasteiger partial charge in [-0.2, -0.15) is 4.37 Å². The number of hydrogen-bond donors (Lipinski definition) is 1. The first kappa shape index (κ1) is 19.0. The van der Waals surface area contributed by atoms with Crippen LogP contribution in [-0.2, 0) is 11.3 Å². The molecule has 8 heteroatoms. The molecule has 1 saturated heterocycles. The lowest BCUT2D eigenvalue weighted by molar-refractivity contribution is -0.109. The Morgan fingerprint density at radius 1 is 1.14 bits per heavy atom. The third-order valence-corrected chi connectivity index (χ3v) is 6.92. The average molecular weight is 415 g/mol. The van der Waals surface area contributed by atoms with Crippen LogP contribution < -0.4 is 10.2 Å². The van der Waals surface area contributed by atoms with E-state index in [2.05, 4.69) is 43.8 Å². The maximum atomic E-state index is 12.4. The summed E-state index contributed by atoms with van der Waals surface area (Å²) in [6.07, 6.45) is 1.20. The number of nitrogens with one attached hydrogen (secondary N) is 1. The van der Waals surface area contributed by atoms with Gasteiger partial charge in [0.1, 0.15) is 5.82 Å². The molecule has 0 spiro atoms. The van der Waals surface area contributed by atoms with Gasteiger partial charge in [-0.1, -0.05) is 12.1 Å². The number of benzene rings is 1. The molecule has 0 atom stereocenters. The van der Waals surface area contributed by atoms with E-state index in [-0.39, 0.29) is 5.78 Å². The first-order chi connectivity index (χ1) is 13.7. The average Bonchev–Trinajstić information content (AvgIpc) is 3.38. The minimum absolute atomic E-state index is 0.176. The number of carbonyl (C=O) groups excluding carboxylic acids is 2. The second-order valence-electron chi connectivity index (χ2n) is 6.77. The molecular weight excluding hydrogens is 392 g/mol. The van der Waals surface area contributed by atoms with Crippen LogP contribution in [0.25, 0.3) is 10.1 Å². The highest BCUT2D eigenvalue weighted by Crippen LogP contribution is 2.29. The summed E-state index contributed by atoms with van der Waals surface area (Å²) < 4.78 is 5.88. The van der Waals surface area contributed by atoms with Crippen LogP contribution >= 0.6 is 22.9 Å². The molecule has 4 rings (SSSR count). The second-order valence-corrected chi connectivity index (χ2v) is 8.74. The van der Waals surface area contributed by atoms with E-state index in [9.17, 15) is 9.59 Å². The molecule has 0 saturated carbocycles. The highest BCUT2D eigenvalue weighted by atomic mass is 32.1. The Morgan fingerprint density at radius 3 is 2.79 bits per heavy atom. The predicted molar refractivity (Wildman–Crippen MR) is 114 cm³/mol. The Bertz CT molecular complexity index is 960. The minimum Gasteiger partial charge on any atom is -0.354 e. The molecule has 1 aromatic carbocycles. The summed E-state index contributed by atoms with van der Waals surface area (Å²) >= 11 is 3.02. The lowest BCUT2D eigenvalue weighted by atomic mass is 10.2. The lowest BCUT2D eigenvalue weighted by Crippen LogP contribution is -2.47. The Labute approximate surface area is 171 Å². The lowest BCUT2D eigenvalue weighted by Gasteiger charge is -2.34. The van der Waals surface area contributed by atoms with Crippen molar-refractivity contribution in [3.05, 3.63) is 46.2 Å². The molecule has 1 fully saturated rings. The van der Waals surface area contributed by atoms with E-state index in [1.165, 1.54) is 21.4 Å². The van der Waals surface area contributed by atoms with Gasteiger partial charge in [-0.25, -0.2) is 0 Å². The van der Waals surface area contributed by atoms with Gasteiger partial charge in [0.15, 0.2) is 5.78 Å². The number of carbonyl (C=O) groups is 2. The zero-order chi connectivity index (χ0) is 19.3. The number of nitrogens with zero attached hydrogens (tertiary/aromatic N) is 3. The summed E-state index contributed by atoms with van der Waals surface area (Å²) in [5, 5.41) is 3.86. The van der Waals surface area contributed by atoms with E-state index in [0.717, 1.165) is 48.3 Å². The second kappa shape index (κ2) is 8.81. The summed E-state index contributed by atoms with van der Waals surface area (Å²) in [5.41, 5.74) is 0. The molecule has 1 amide bonds. The number of rotatable bonds is 8. The van der Waals surface area contributed by atoms with Crippen LogP contribution in [0, 0.1) is 0 Å². The highest BCUT2D eigenvalue weighted by Gasteiger charge is 2.21. The van der Waals surface area contributed by atoms with Crippen molar-refractivity contribution in [2.75, 3.05) is 37.6 Å². The largest absolute Gasteiger partial charge is 0.354 e. The summed E-state index contributed by atoms with van der Waals surface area (Å²) in [5.74, 6) is 1.27. The van der Waals surface area contributed by atoms with E-state index in [1.807, 2.05) is 12.1 Å². The van der Waals surface area contributed by atoms with Gasteiger partial charge in [0.25, 0.3) is 0 Å². The summed E-state index contributed by atoms with van der Waals surface area (Å²) in [4.78, 5) is 29.3. The van der Waals surface area contributed by atoms with E-state index < -0.39 is 0 Å². The summed E-state index contributed by atoms with van der Waals surface area (Å²) in [6, 6.07) is 12.1. The van der Waals surface area contributed by atoms with E-state index in [1.54, 1.807) is 11.5 Å². The van der Waals surface area contributed by atoms with E-state index >= 15 is 0 Å². The molecular formula is C20H22N4O2S2. The van der Waals surface area contributed by atoms with Crippen LogP contribution in [0.3, 0.4) is 0 Å². The molecule has 28 heavy (non-hydrogen) atoms. The van der Waals surface area contributed by atoms with Crippen molar-refractivity contribution in [1.29, 1.82) is 0 Å². The number of ketones is 1. The first-order valence-electron chi connectivity index (χ1n) is 9.35. The zero-order valence-electron chi connectivity index (χ0n) is 15.5. The Balaban J connectivity index is 1.27. The van der Waals surface area contributed by atoms with Crippen LogP contribution in [0.2, 0.25) is 0 Å². The van der Waals surface area contributed by atoms with Crippen molar-refractivity contribution >= 4 is 51.0 Å². The Kier molecular flexibility index (Phi) is 5.99. The molecule has 1 aliphatic heterocycles. The van der Waals surface area contributed by atoms with Crippen LogP contribution in [0.15, 0.2) is 36.4 Å². The van der Waals surface area contributed by atoms with Crippen molar-refractivity contribution in [3.63, 3.8) is 0 Å². The number of thiophene rings is 1. The monoisotopic (exact) mass is 414 g/mol. The number of anilines is 1. The van der Waals surface area contributed by atoms with Crippen LogP contribution in [-0.4, -0.2) is 54.2 Å². The van der Waals surface area contributed by atoms with Crippen molar-refractivity contribution in [3.8, 4) is 0 Å².